The molecule has 1 saturated heterocycles. The van der Waals surface area contributed by atoms with E-state index in [2.05, 4.69) is 61.8 Å². The predicted octanol–water partition coefficient (Wildman–Crippen LogP) is 5.16. The lowest BCUT2D eigenvalue weighted by Gasteiger charge is -2.36. The summed E-state index contributed by atoms with van der Waals surface area (Å²) >= 11 is 0. The number of rotatable bonds is 6. The van der Waals surface area contributed by atoms with Crippen LogP contribution in [0.1, 0.15) is 42.9 Å². The van der Waals surface area contributed by atoms with Crippen LogP contribution in [0.25, 0.3) is 22.3 Å². The van der Waals surface area contributed by atoms with Crippen LogP contribution in [0, 0.1) is 0 Å². The Morgan fingerprint density at radius 3 is 2.68 bits per heavy atom. The molecule has 0 bridgehead atoms. The zero-order valence-electron chi connectivity index (χ0n) is 23.1. The van der Waals surface area contributed by atoms with Gasteiger partial charge in [-0.05, 0) is 94.0 Å². The van der Waals surface area contributed by atoms with Crippen molar-refractivity contribution in [2.45, 2.75) is 76.9 Å². The average Bonchev–Trinajstić information content (AvgIpc) is 3.45. The summed E-state index contributed by atoms with van der Waals surface area (Å²) in [5.74, 6) is 0.298. The van der Waals surface area contributed by atoms with Gasteiger partial charge in [-0.1, -0.05) is 19.6 Å². The van der Waals surface area contributed by atoms with Crippen LogP contribution in [0.4, 0.5) is 5.69 Å². The number of nitrogens with zero attached hydrogens (tertiary/aromatic N) is 4. The number of nitrogens with one attached hydrogen (secondary N) is 1. The maximum absolute atomic E-state index is 13.7. The van der Waals surface area contributed by atoms with E-state index >= 15 is 0 Å². The first-order valence-corrected chi connectivity index (χ1v) is 17.7. The topological polar surface area (TPSA) is 66.4 Å². The number of aromatic amines is 1. The molecule has 0 atom stereocenters. The minimum absolute atomic E-state index is 0.298. The van der Waals surface area contributed by atoms with Gasteiger partial charge in [-0.3, -0.25) is 4.79 Å². The van der Waals surface area contributed by atoms with Gasteiger partial charge in [0.25, 0.3) is 0 Å². The zero-order valence-corrected chi connectivity index (χ0v) is 24.1. The molecule has 1 N–H and O–H groups in total. The van der Waals surface area contributed by atoms with Crippen LogP contribution in [0.2, 0.25) is 25.7 Å². The third-order valence-corrected chi connectivity index (χ3v) is 10.5. The van der Waals surface area contributed by atoms with Crippen LogP contribution >= 0.6 is 0 Å². The van der Waals surface area contributed by atoms with Gasteiger partial charge >= 0.3 is 0 Å². The number of piperidine rings is 1. The van der Waals surface area contributed by atoms with E-state index in [4.69, 9.17) is 9.84 Å². The lowest BCUT2D eigenvalue weighted by atomic mass is 9.73. The molecule has 198 valence electrons. The highest BCUT2D eigenvalue weighted by Gasteiger charge is 2.51. The summed E-state index contributed by atoms with van der Waals surface area (Å²) in [6, 6.07) is 5.77. The summed E-state index contributed by atoms with van der Waals surface area (Å²) in [5.41, 5.74) is 7.96. The fourth-order valence-electron chi connectivity index (χ4n) is 6.55. The van der Waals surface area contributed by atoms with E-state index in [0.717, 1.165) is 74.4 Å². The molecule has 1 spiro atoms. The first-order chi connectivity index (χ1) is 17.7. The fourth-order valence-corrected chi connectivity index (χ4v) is 7.31. The number of ether oxygens (including phenoxy) is 1. The second-order valence-corrected chi connectivity index (χ2v) is 18.2. The number of fused-ring (bicyclic) bond motifs is 7. The molecule has 3 aliphatic rings. The average molecular weight is 520 g/mol. The second-order valence-electron chi connectivity index (χ2n) is 12.6. The Hall–Kier alpha value is -2.42. The second kappa shape index (κ2) is 9.10. The van der Waals surface area contributed by atoms with Crippen molar-refractivity contribution in [1.29, 1.82) is 0 Å². The molecule has 2 aromatic heterocycles. The van der Waals surface area contributed by atoms with E-state index in [-0.39, 0.29) is 5.41 Å². The van der Waals surface area contributed by atoms with Gasteiger partial charge in [0.2, 0.25) is 5.91 Å². The Kier molecular flexibility index (Phi) is 6.12. The number of anilines is 1. The summed E-state index contributed by atoms with van der Waals surface area (Å²) in [5, 5.41) is 6.25. The van der Waals surface area contributed by atoms with Crippen molar-refractivity contribution >= 4 is 30.6 Å². The molecule has 4 heterocycles. The highest BCUT2D eigenvalue weighted by molar-refractivity contribution is 6.76. The number of benzene rings is 1. The van der Waals surface area contributed by atoms with Crippen molar-refractivity contribution in [3.8, 4) is 11.4 Å². The lowest BCUT2D eigenvalue weighted by molar-refractivity contribution is -0.124. The number of hydrogen-bond acceptors (Lipinski definition) is 4. The molecule has 37 heavy (non-hydrogen) atoms. The predicted molar refractivity (Wildman–Crippen MR) is 152 cm³/mol. The van der Waals surface area contributed by atoms with Crippen molar-refractivity contribution in [2.75, 3.05) is 38.2 Å². The van der Waals surface area contributed by atoms with E-state index in [9.17, 15) is 4.79 Å². The molecule has 3 aromatic rings. The van der Waals surface area contributed by atoms with E-state index < -0.39 is 8.07 Å². The van der Waals surface area contributed by atoms with Crippen molar-refractivity contribution in [3.63, 3.8) is 0 Å². The molecule has 0 unspecified atom stereocenters. The minimum atomic E-state index is -1.10. The molecule has 1 fully saturated rings. The molecule has 7 nitrogen and oxygen atoms in total. The standard InChI is InChI=1S/C29H41N5O2Si/c1-6-34-25-16-22-21-9-7-8-20-18-33(19-36-14-15-37(3,4)5)31-26(20)27(21)30-24(22)17-23(25)29(28(34)35)10-12-32(2)13-11-29/h16-18,30H,6-15,19H2,1-5H3. The van der Waals surface area contributed by atoms with Gasteiger partial charge in [0.05, 0.1) is 11.1 Å². The number of amides is 1. The highest BCUT2D eigenvalue weighted by Crippen LogP contribution is 2.50. The first-order valence-electron chi connectivity index (χ1n) is 14.0. The maximum atomic E-state index is 13.7. The summed E-state index contributed by atoms with van der Waals surface area (Å²) in [6.45, 7) is 13.2. The lowest BCUT2D eigenvalue weighted by Crippen LogP contribution is -2.47. The van der Waals surface area contributed by atoms with Gasteiger partial charge in [0.1, 0.15) is 12.4 Å². The molecule has 8 heteroatoms. The number of aryl methyl sites for hydroxylation is 2. The molecule has 1 aromatic carbocycles. The maximum Gasteiger partial charge on any atom is 0.237 e. The molecule has 1 aliphatic carbocycles. The molecule has 1 amide bonds. The third-order valence-electron chi connectivity index (χ3n) is 8.81. The number of carbonyl (C=O) groups excluding carboxylic acids is 1. The van der Waals surface area contributed by atoms with Crippen LogP contribution in [0.3, 0.4) is 0 Å². The summed E-state index contributed by atoms with van der Waals surface area (Å²) in [7, 11) is 1.05. The molecular formula is C29H41N5O2Si. The number of carbonyl (C=O) groups is 1. The van der Waals surface area contributed by atoms with Gasteiger partial charge < -0.3 is 19.5 Å². The fraction of sp³-hybridized carbons (Fsp3) is 0.586. The molecule has 2 aliphatic heterocycles. The quantitative estimate of drug-likeness (QED) is 0.361. The molecule has 0 saturated carbocycles. The van der Waals surface area contributed by atoms with E-state index in [1.54, 1.807) is 0 Å². The monoisotopic (exact) mass is 519 g/mol. The highest BCUT2D eigenvalue weighted by atomic mass is 28.3. The number of hydrogen-bond donors (Lipinski definition) is 1. The van der Waals surface area contributed by atoms with Gasteiger partial charge in [-0.25, -0.2) is 4.68 Å². The normalized spacial score (nSPS) is 19.4. The Labute approximate surface area is 221 Å². The Morgan fingerprint density at radius 2 is 1.95 bits per heavy atom. The van der Waals surface area contributed by atoms with Crippen molar-refractivity contribution in [3.05, 3.63) is 35.0 Å². The van der Waals surface area contributed by atoms with Crippen LogP contribution in [-0.2, 0) is 34.5 Å². The SMILES string of the molecule is CCN1C(=O)C2(CCN(C)CC2)c2cc3[nH]c4c(c3cc21)CCCc1cn(COCC[Si](C)(C)C)nc1-4. The number of aromatic nitrogens is 3. The van der Waals surface area contributed by atoms with E-state index in [1.165, 1.54) is 28.1 Å². The largest absolute Gasteiger partial charge is 0.360 e. The Balaban J connectivity index is 1.37. The van der Waals surface area contributed by atoms with Gasteiger partial charge in [0, 0.05) is 44.0 Å². The minimum Gasteiger partial charge on any atom is -0.360 e. The Morgan fingerprint density at radius 1 is 1.16 bits per heavy atom. The number of likely N-dealkylation sites (tertiary alicyclic amines) is 1. The molecule has 0 radical (unpaired) electrons. The Bertz CT molecular complexity index is 1340. The third kappa shape index (κ3) is 4.17. The number of H-pyrrole nitrogens is 1. The van der Waals surface area contributed by atoms with Crippen LogP contribution < -0.4 is 4.90 Å². The van der Waals surface area contributed by atoms with Crippen molar-refractivity contribution in [2.24, 2.45) is 0 Å². The van der Waals surface area contributed by atoms with E-state index in [0.29, 0.717) is 19.2 Å². The van der Waals surface area contributed by atoms with Crippen LogP contribution in [0.5, 0.6) is 0 Å². The summed E-state index contributed by atoms with van der Waals surface area (Å²) in [6.07, 6.45) is 7.10. The first kappa shape index (κ1) is 24.9. The van der Waals surface area contributed by atoms with Crippen LogP contribution in [0.15, 0.2) is 18.3 Å². The van der Waals surface area contributed by atoms with Gasteiger partial charge in [-0.15, -0.1) is 0 Å². The summed E-state index contributed by atoms with van der Waals surface area (Å²) < 4.78 is 7.97. The molecular weight excluding hydrogens is 478 g/mol. The van der Waals surface area contributed by atoms with Crippen molar-refractivity contribution in [1.82, 2.24) is 19.7 Å². The van der Waals surface area contributed by atoms with Gasteiger partial charge in [0.15, 0.2) is 0 Å². The van der Waals surface area contributed by atoms with Crippen molar-refractivity contribution < 1.29 is 9.53 Å². The van der Waals surface area contributed by atoms with Crippen LogP contribution in [-0.4, -0.2) is 66.9 Å². The molecule has 6 rings (SSSR count). The smallest absolute Gasteiger partial charge is 0.237 e. The van der Waals surface area contributed by atoms with E-state index in [1.807, 2.05) is 9.58 Å². The van der Waals surface area contributed by atoms with Gasteiger partial charge in [-0.2, -0.15) is 5.10 Å². The zero-order chi connectivity index (χ0) is 25.9. The summed E-state index contributed by atoms with van der Waals surface area (Å²) in [4.78, 5) is 21.9. The number of likely N-dealkylation sites (N-methyl/N-ethyl adjacent to an activating group) is 1.